The molecular weight excluding hydrogens is 290 g/mol. The molecule has 0 atom stereocenters. The fourth-order valence-corrected chi connectivity index (χ4v) is 1.47. The number of hydrogen-bond donors (Lipinski definition) is 1. The van der Waals surface area contributed by atoms with Crippen LogP contribution in [-0.4, -0.2) is 40.2 Å². The van der Waals surface area contributed by atoms with E-state index in [0.717, 1.165) is 21.9 Å². The third-order valence-electron chi connectivity index (χ3n) is 2.55. The van der Waals surface area contributed by atoms with Crippen molar-refractivity contribution in [2.24, 2.45) is 0 Å². The standard InChI is InChI=1S/C13H12N2.C3H7NO2.C2H6/c1-2-11(12-7-3-5-9-14-12)13-8-4-6-10-15-13;1-4(2)3(5)6;1-2/h2-10H,1H3;1-2H3,(H,5,6);1-2H3. The minimum Gasteiger partial charge on any atom is -0.465 e. The highest BCUT2D eigenvalue weighted by Crippen LogP contribution is 2.18. The largest absolute Gasteiger partial charge is 0.465 e. The summed E-state index contributed by atoms with van der Waals surface area (Å²) in [6.07, 6.45) is 4.71. The molecule has 0 bridgehead atoms. The predicted molar refractivity (Wildman–Crippen MR) is 94.3 cm³/mol. The maximum atomic E-state index is 9.62. The lowest BCUT2D eigenvalue weighted by atomic mass is 10.1. The lowest BCUT2D eigenvalue weighted by Crippen LogP contribution is -2.18. The van der Waals surface area contributed by atoms with Gasteiger partial charge >= 0.3 is 6.09 Å². The van der Waals surface area contributed by atoms with Gasteiger partial charge in [0, 0.05) is 32.1 Å². The Hall–Kier alpha value is -2.69. The van der Waals surface area contributed by atoms with Gasteiger partial charge in [-0.1, -0.05) is 32.1 Å². The summed E-state index contributed by atoms with van der Waals surface area (Å²) in [5.74, 6) is 0. The van der Waals surface area contributed by atoms with E-state index in [1.54, 1.807) is 12.4 Å². The fourth-order valence-electron chi connectivity index (χ4n) is 1.47. The Balaban J connectivity index is 0.000000515. The third-order valence-corrected chi connectivity index (χ3v) is 2.55. The Kier molecular flexibility index (Phi) is 10.5. The summed E-state index contributed by atoms with van der Waals surface area (Å²) in [5, 5.41) is 7.92. The van der Waals surface area contributed by atoms with Gasteiger partial charge < -0.3 is 10.0 Å². The molecule has 5 nitrogen and oxygen atoms in total. The van der Waals surface area contributed by atoms with Crippen LogP contribution in [0.4, 0.5) is 4.79 Å². The molecule has 2 aromatic heterocycles. The minimum absolute atomic E-state index is 0.907. The molecule has 0 spiro atoms. The molecule has 0 radical (unpaired) electrons. The van der Waals surface area contributed by atoms with Gasteiger partial charge in [0.25, 0.3) is 0 Å². The van der Waals surface area contributed by atoms with E-state index in [1.807, 2.05) is 63.2 Å². The maximum Gasteiger partial charge on any atom is 0.406 e. The number of aromatic nitrogens is 2. The second kappa shape index (κ2) is 11.9. The Labute approximate surface area is 138 Å². The molecule has 0 aliphatic rings. The Bertz CT molecular complexity index is 540. The summed E-state index contributed by atoms with van der Waals surface area (Å²) >= 11 is 0. The number of rotatable bonds is 2. The summed E-state index contributed by atoms with van der Waals surface area (Å²) in [6, 6.07) is 11.8. The molecule has 1 amide bonds. The molecule has 2 heterocycles. The first-order chi connectivity index (χ1) is 11.1. The molecule has 2 aromatic rings. The van der Waals surface area contributed by atoms with E-state index in [2.05, 4.69) is 9.97 Å². The summed E-state index contributed by atoms with van der Waals surface area (Å²) in [6.45, 7) is 6.00. The predicted octanol–water partition coefficient (Wildman–Crippen LogP) is 4.18. The van der Waals surface area contributed by atoms with E-state index < -0.39 is 6.09 Å². The van der Waals surface area contributed by atoms with Crippen molar-refractivity contribution in [2.75, 3.05) is 14.1 Å². The minimum atomic E-state index is -0.907. The first-order valence-electron chi connectivity index (χ1n) is 7.45. The molecule has 1 N–H and O–H groups in total. The van der Waals surface area contributed by atoms with Crippen LogP contribution in [0.25, 0.3) is 5.57 Å². The van der Waals surface area contributed by atoms with Crippen LogP contribution >= 0.6 is 0 Å². The molecule has 0 saturated carbocycles. The van der Waals surface area contributed by atoms with E-state index in [0.29, 0.717) is 0 Å². The van der Waals surface area contributed by atoms with Gasteiger partial charge in [0.05, 0.1) is 11.4 Å². The monoisotopic (exact) mass is 315 g/mol. The highest BCUT2D eigenvalue weighted by molar-refractivity contribution is 5.75. The lowest BCUT2D eigenvalue weighted by molar-refractivity contribution is 0.165. The van der Waals surface area contributed by atoms with Crippen LogP contribution in [0.2, 0.25) is 0 Å². The molecule has 0 unspecified atom stereocenters. The first-order valence-corrected chi connectivity index (χ1v) is 7.45. The van der Waals surface area contributed by atoms with E-state index in [-0.39, 0.29) is 0 Å². The van der Waals surface area contributed by atoms with Crippen molar-refractivity contribution in [3.8, 4) is 0 Å². The van der Waals surface area contributed by atoms with Gasteiger partial charge in [0.2, 0.25) is 0 Å². The Morgan fingerprint density at radius 3 is 1.61 bits per heavy atom. The molecule has 0 aliphatic heterocycles. The SMILES string of the molecule is CC.CC=C(c1ccccn1)c1ccccn1.CN(C)C(=O)O. The molecule has 23 heavy (non-hydrogen) atoms. The number of nitrogens with zero attached hydrogens (tertiary/aromatic N) is 3. The van der Waals surface area contributed by atoms with Gasteiger partial charge in [-0.05, 0) is 31.2 Å². The van der Waals surface area contributed by atoms with Gasteiger partial charge in [-0.15, -0.1) is 0 Å². The first kappa shape index (κ1) is 20.3. The topological polar surface area (TPSA) is 66.3 Å². The number of pyridine rings is 2. The van der Waals surface area contributed by atoms with E-state index in [9.17, 15) is 4.79 Å². The zero-order chi connectivity index (χ0) is 17.7. The lowest BCUT2D eigenvalue weighted by Gasteiger charge is -2.04. The maximum absolute atomic E-state index is 9.62. The van der Waals surface area contributed by atoms with Crippen molar-refractivity contribution in [1.82, 2.24) is 14.9 Å². The molecule has 2 rings (SSSR count). The van der Waals surface area contributed by atoms with Gasteiger partial charge in [-0.2, -0.15) is 0 Å². The van der Waals surface area contributed by atoms with Crippen molar-refractivity contribution < 1.29 is 9.90 Å². The smallest absolute Gasteiger partial charge is 0.406 e. The zero-order valence-corrected chi connectivity index (χ0v) is 14.4. The highest BCUT2D eigenvalue weighted by Gasteiger charge is 2.04. The normalized spacial score (nSPS) is 8.57. The Morgan fingerprint density at radius 1 is 1.00 bits per heavy atom. The van der Waals surface area contributed by atoms with Gasteiger partial charge in [0.15, 0.2) is 0 Å². The number of carboxylic acid groups (broad SMARTS) is 1. The summed E-state index contributed by atoms with van der Waals surface area (Å²) in [7, 11) is 2.95. The van der Waals surface area contributed by atoms with Crippen LogP contribution in [-0.2, 0) is 0 Å². The van der Waals surface area contributed by atoms with E-state index in [4.69, 9.17) is 5.11 Å². The second-order valence-corrected chi connectivity index (χ2v) is 4.31. The Morgan fingerprint density at radius 2 is 1.39 bits per heavy atom. The summed E-state index contributed by atoms with van der Waals surface area (Å²) in [4.78, 5) is 19.3. The van der Waals surface area contributed by atoms with Crippen molar-refractivity contribution in [3.63, 3.8) is 0 Å². The van der Waals surface area contributed by atoms with Crippen molar-refractivity contribution >= 4 is 11.7 Å². The van der Waals surface area contributed by atoms with Gasteiger partial charge in [-0.25, -0.2) is 4.79 Å². The molecule has 0 saturated heterocycles. The average molecular weight is 315 g/mol. The van der Waals surface area contributed by atoms with Crippen LogP contribution < -0.4 is 0 Å². The van der Waals surface area contributed by atoms with Crippen molar-refractivity contribution in [2.45, 2.75) is 20.8 Å². The van der Waals surface area contributed by atoms with Crippen LogP contribution in [0, 0.1) is 0 Å². The quantitative estimate of drug-likeness (QED) is 0.902. The number of carbonyl (C=O) groups is 1. The van der Waals surface area contributed by atoms with E-state index >= 15 is 0 Å². The van der Waals surface area contributed by atoms with Crippen LogP contribution in [0.1, 0.15) is 32.2 Å². The summed E-state index contributed by atoms with van der Waals surface area (Å²) in [5.41, 5.74) is 2.98. The molecule has 124 valence electrons. The second-order valence-electron chi connectivity index (χ2n) is 4.31. The third kappa shape index (κ3) is 7.76. The van der Waals surface area contributed by atoms with Gasteiger partial charge in [-0.3, -0.25) is 9.97 Å². The molecular formula is C18H25N3O2. The zero-order valence-electron chi connectivity index (χ0n) is 14.4. The molecule has 5 heteroatoms. The average Bonchev–Trinajstić information content (AvgIpc) is 2.60. The highest BCUT2D eigenvalue weighted by atomic mass is 16.4. The number of hydrogen-bond acceptors (Lipinski definition) is 3. The van der Waals surface area contributed by atoms with E-state index in [1.165, 1.54) is 14.1 Å². The van der Waals surface area contributed by atoms with Gasteiger partial charge in [0.1, 0.15) is 0 Å². The molecule has 0 aromatic carbocycles. The number of allylic oxidation sites excluding steroid dienone is 1. The van der Waals surface area contributed by atoms with Crippen molar-refractivity contribution in [3.05, 3.63) is 66.3 Å². The van der Waals surface area contributed by atoms with Crippen molar-refractivity contribution in [1.29, 1.82) is 0 Å². The van der Waals surface area contributed by atoms with Crippen LogP contribution in [0.15, 0.2) is 54.9 Å². The van der Waals surface area contributed by atoms with Crippen LogP contribution in [0.3, 0.4) is 0 Å². The summed E-state index contributed by atoms with van der Waals surface area (Å²) < 4.78 is 0. The van der Waals surface area contributed by atoms with Crippen LogP contribution in [0.5, 0.6) is 0 Å². The molecule has 0 fully saturated rings. The number of amides is 1. The fraction of sp³-hybridized carbons (Fsp3) is 0.278. The molecule has 0 aliphatic carbocycles.